The van der Waals surface area contributed by atoms with E-state index < -0.39 is 0 Å². The van der Waals surface area contributed by atoms with E-state index in [1.807, 2.05) is 12.3 Å². The number of nitrogens with one attached hydrogen (secondary N) is 2. The van der Waals surface area contributed by atoms with Gasteiger partial charge in [-0.2, -0.15) is 0 Å². The summed E-state index contributed by atoms with van der Waals surface area (Å²) in [5, 5.41) is 16.3. The highest BCUT2D eigenvalue weighted by molar-refractivity contribution is 5.52. The van der Waals surface area contributed by atoms with E-state index in [4.69, 9.17) is 0 Å². The lowest BCUT2D eigenvalue weighted by Gasteiger charge is -2.31. The summed E-state index contributed by atoms with van der Waals surface area (Å²) in [7, 11) is 0. The van der Waals surface area contributed by atoms with Crippen LogP contribution in [0.5, 0.6) is 0 Å². The van der Waals surface area contributed by atoms with E-state index in [0.29, 0.717) is 12.0 Å². The highest BCUT2D eigenvalue weighted by Crippen LogP contribution is 2.27. The fourth-order valence-corrected chi connectivity index (χ4v) is 2.70. The van der Waals surface area contributed by atoms with Crippen LogP contribution in [-0.2, 0) is 0 Å². The van der Waals surface area contributed by atoms with Crippen LogP contribution in [0.4, 0.5) is 11.5 Å². The first kappa shape index (κ1) is 14.1. The molecule has 0 bridgehead atoms. The maximum absolute atomic E-state index is 9.45. The quantitative estimate of drug-likeness (QED) is 0.738. The van der Waals surface area contributed by atoms with E-state index in [2.05, 4.69) is 28.6 Å². The number of hydrogen-bond donors (Lipinski definition) is 3. The number of hydrogen-bond acceptors (Lipinski definition) is 4. The Kier molecular flexibility index (Phi) is 5.45. The molecule has 1 saturated carbocycles. The summed E-state index contributed by atoms with van der Waals surface area (Å²) in [6.45, 7) is 3.37. The first-order valence-corrected chi connectivity index (χ1v) is 7.40. The molecule has 0 radical (unpaired) electrons. The minimum Gasteiger partial charge on any atom is -0.396 e. The molecular weight excluding hydrogens is 238 g/mol. The molecule has 3 N–H and O–H groups in total. The number of aromatic nitrogens is 1. The third-order valence-corrected chi connectivity index (χ3v) is 3.81. The van der Waals surface area contributed by atoms with Crippen molar-refractivity contribution < 1.29 is 5.11 Å². The Balaban J connectivity index is 1.97. The lowest BCUT2D eigenvalue weighted by molar-refractivity contribution is 0.178. The number of nitrogens with zero attached hydrogens (tertiary/aromatic N) is 1. The summed E-state index contributed by atoms with van der Waals surface area (Å²) in [5.74, 6) is 1.30. The predicted octanol–water partition coefficient (Wildman–Crippen LogP) is 2.87. The molecule has 0 aliphatic heterocycles. The summed E-state index contributed by atoms with van der Waals surface area (Å²) in [5.41, 5.74) is 1.10. The van der Waals surface area contributed by atoms with E-state index in [1.165, 1.54) is 12.8 Å². The van der Waals surface area contributed by atoms with Gasteiger partial charge in [0.2, 0.25) is 0 Å². The predicted molar refractivity (Wildman–Crippen MR) is 79.5 cm³/mol. The number of aliphatic hydroxyl groups is 1. The molecule has 106 valence electrons. The van der Waals surface area contributed by atoms with Crippen LogP contribution < -0.4 is 10.6 Å². The lowest BCUT2D eigenvalue weighted by Crippen LogP contribution is -2.34. The summed E-state index contributed by atoms with van der Waals surface area (Å²) in [4.78, 5) is 4.31. The Hall–Kier alpha value is -1.29. The molecule has 0 spiro atoms. The van der Waals surface area contributed by atoms with Gasteiger partial charge in [0.25, 0.3) is 0 Å². The molecule has 2 unspecified atom stereocenters. The smallest absolute Gasteiger partial charge is 0.127 e. The van der Waals surface area contributed by atoms with Crippen molar-refractivity contribution in [3.63, 3.8) is 0 Å². The zero-order valence-electron chi connectivity index (χ0n) is 11.7. The average Bonchev–Trinajstić information content (AvgIpc) is 2.46. The van der Waals surface area contributed by atoms with Gasteiger partial charge >= 0.3 is 0 Å². The zero-order valence-corrected chi connectivity index (χ0v) is 11.7. The second kappa shape index (κ2) is 7.34. The third-order valence-electron chi connectivity index (χ3n) is 3.81. The lowest BCUT2D eigenvalue weighted by atomic mass is 9.85. The van der Waals surface area contributed by atoms with Gasteiger partial charge in [-0.3, -0.25) is 0 Å². The van der Waals surface area contributed by atoms with E-state index in [1.54, 1.807) is 0 Å². The number of aliphatic hydroxyl groups excluding tert-OH is 1. The van der Waals surface area contributed by atoms with Gasteiger partial charge in [0.05, 0.1) is 0 Å². The van der Waals surface area contributed by atoms with Gasteiger partial charge in [-0.05, 0) is 25.3 Å². The SMILES string of the molecule is CCCNc1cc(NC2CCCCC2CO)ccn1. The molecule has 0 saturated heterocycles. The summed E-state index contributed by atoms with van der Waals surface area (Å²) in [6, 6.07) is 4.44. The van der Waals surface area contributed by atoms with Crippen molar-refractivity contribution in [2.45, 2.75) is 45.1 Å². The van der Waals surface area contributed by atoms with E-state index in [9.17, 15) is 5.11 Å². The van der Waals surface area contributed by atoms with Crippen molar-refractivity contribution in [3.05, 3.63) is 18.3 Å². The topological polar surface area (TPSA) is 57.2 Å². The molecule has 19 heavy (non-hydrogen) atoms. The Morgan fingerprint density at radius 3 is 3.00 bits per heavy atom. The molecule has 2 atom stereocenters. The number of anilines is 2. The number of pyridine rings is 1. The van der Waals surface area contributed by atoms with E-state index in [0.717, 1.165) is 37.3 Å². The maximum atomic E-state index is 9.45. The van der Waals surface area contributed by atoms with Crippen molar-refractivity contribution in [2.24, 2.45) is 5.92 Å². The fourth-order valence-electron chi connectivity index (χ4n) is 2.70. The second-order valence-electron chi connectivity index (χ2n) is 5.33. The number of rotatable bonds is 6. The molecule has 0 amide bonds. The summed E-state index contributed by atoms with van der Waals surface area (Å²) in [6.07, 6.45) is 7.68. The first-order chi connectivity index (χ1) is 9.33. The monoisotopic (exact) mass is 263 g/mol. The molecule has 0 aromatic carbocycles. The molecule has 1 aromatic rings. The third kappa shape index (κ3) is 4.10. The molecule has 4 nitrogen and oxygen atoms in total. The zero-order chi connectivity index (χ0) is 13.5. The van der Waals surface area contributed by atoms with Gasteiger partial charge in [-0.15, -0.1) is 0 Å². The van der Waals surface area contributed by atoms with Gasteiger partial charge in [0.15, 0.2) is 0 Å². The Morgan fingerprint density at radius 2 is 2.21 bits per heavy atom. The molecule has 2 rings (SSSR count). The molecule has 1 aliphatic carbocycles. The highest BCUT2D eigenvalue weighted by atomic mass is 16.3. The first-order valence-electron chi connectivity index (χ1n) is 7.40. The largest absolute Gasteiger partial charge is 0.396 e. The fraction of sp³-hybridized carbons (Fsp3) is 0.667. The minimum atomic E-state index is 0.281. The van der Waals surface area contributed by atoms with E-state index in [-0.39, 0.29) is 6.61 Å². The van der Waals surface area contributed by atoms with Gasteiger partial charge in [-0.25, -0.2) is 4.98 Å². The molecular formula is C15H25N3O. The van der Waals surface area contributed by atoms with Crippen LogP contribution in [-0.4, -0.2) is 29.3 Å². The minimum absolute atomic E-state index is 0.281. The summed E-state index contributed by atoms with van der Waals surface area (Å²) >= 11 is 0. The Labute approximate surface area is 115 Å². The van der Waals surface area contributed by atoms with Crippen molar-refractivity contribution in [3.8, 4) is 0 Å². The van der Waals surface area contributed by atoms with Crippen LogP contribution in [0.3, 0.4) is 0 Å². The van der Waals surface area contributed by atoms with E-state index >= 15 is 0 Å². The maximum Gasteiger partial charge on any atom is 0.127 e. The molecule has 4 heteroatoms. The van der Waals surface area contributed by atoms with Gasteiger partial charge in [0.1, 0.15) is 5.82 Å². The molecule has 1 fully saturated rings. The van der Waals surface area contributed by atoms with Crippen LogP contribution in [0.25, 0.3) is 0 Å². The summed E-state index contributed by atoms with van der Waals surface area (Å²) < 4.78 is 0. The van der Waals surface area contributed by atoms with Crippen LogP contribution in [0, 0.1) is 5.92 Å². The Morgan fingerprint density at radius 1 is 1.37 bits per heavy atom. The van der Waals surface area contributed by atoms with Crippen molar-refractivity contribution in [2.75, 3.05) is 23.8 Å². The van der Waals surface area contributed by atoms with Crippen LogP contribution >= 0.6 is 0 Å². The van der Waals surface area contributed by atoms with Gasteiger partial charge in [-0.1, -0.05) is 19.8 Å². The van der Waals surface area contributed by atoms with Gasteiger partial charge < -0.3 is 15.7 Å². The van der Waals surface area contributed by atoms with Crippen molar-refractivity contribution >= 4 is 11.5 Å². The molecule has 1 aromatic heterocycles. The standard InChI is InChI=1S/C15H25N3O/c1-2-8-16-15-10-13(7-9-17-15)18-14-6-4-3-5-12(14)11-19/h7,9-10,12,14,19H,2-6,8,11H2,1H3,(H2,16,17,18). The highest BCUT2D eigenvalue weighted by Gasteiger charge is 2.24. The molecule has 1 aliphatic rings. The normalized spacial score (nSPS) is 23.1. The van der Waals surface area contributed by atoms with Crippen LogP contribution in [0.15, 0.2) is 18.3 Å². The second-order valence-corrected chi connectivity index (χ2v) is 5.33. The van der Waals surface area contributed by atoms with Crippen molar-refractivity contribution in [1.29, 1.82) is 0 Å². The van der Waals surface area contributed by atoms with Crippen LogP contribution in [0.1, 0.15) is 39.0 Å². The Bertz CT molecular complexity index is 383. The average molecular weight is 263 g/mol. The van der Waals surface area contributed by atoms with Crippen LogP contribution in [0.2, 0.25) is 0 Å². The van der Waals surface area contributed by atoms with Gasteiger partial charge in [0, 0.05) is 43.1 Å². The molecule has 1 heterocycles. The van der Waals surface area contributed by atoms with Crippen molar-refractivity contribution in [1.82, 2.24) is 4.98 Å².